The zero-order chi connectivity index (χ0) is 12.7. The van der Waals surface area contributed by atoms with E-state index in [1.807, 2.05) is 0 Å². The van der Waals surface area contributed by atoms with Gasteiger partial charge in [-0.1, -0.05) is 19.3 Å². The zero-order valence-electron chi connectivity index (χ0n) is 9.65. The van der Waals surface area contributed by atoms with Crippen molar-refractivity contribution in [2.75, 3.05) is 6.54 Å². The SMILES string of the molecule is O=CNCC(=O)NC(C(=O)O)C1CCCCC1. The number of carbonyl (C=O) groups excluding carboxylic acids is 2. The lowest BCUT2D eigenvalue weighted by Gasteiger charge is -2.27. The standard InChI is InChI=1S/C11H18N2O4/c14-7-12-6-9(15)13-10(11(16)17)8-4-2-1-3-5-8/h7-8,10H,1-6H2,(H,12,14)(H,13,15)(H,16,17). The molecule has 1 aliphatic rings. The molecule has 96 valence electrons. The molecule has 1 unspecified atom stereocenters. The van der Waals surface area contributed by atoms with Crippen LogP contribution in [0.3, 0.4) is 0 Å². The van der Waals surface area contributed by atoms with Gasteiger partial charge in [0.1, 0.15) is 6.04 Å². The lowest BCUT2D eigenvalue weighted by molar-refractivity contribution is -0.143. The van der Waals surface area contributed by atoms with Crippen LogP contribution in [0.15, 0.2) is 0 Å². The Kier molecular flexibility index (Phi) is 5.45. The molecule has 0 radical (unpaired) electrons. The molecule has 0 heterocycles. The second kappa shape index (κ2) is 6.88. The zero-order valence-corrected chi connectivity index (χ0v) is 9.65. The average Bonchev–Trinajstić information content (AvgIpc) is 2.34. The minimum atomic E-state index is -1.00. The molecule has 2 amide bonds. The molecule has 3 N–H and O–H groups in total. The molecule has 6 nitrogen and oxygen atoms in total. The van der Waals surface area contributed by atoms with Gasteiger partial charge >= 0.3 is 5.97 Å². The molecule has 1 saturated carbocycles. The Morgan fingerprint density at radius 3 is 2.47 bits per heavy atom. The lowest BCUT2D eigenvalue weighted by Crippen LogP contribution is -2.48. The highest BCUT2D eigenvalue weighted by Crippen LogP contribution is 2.26. The Balaban J connectivity index is 2.50. The Morgan fingerprint density at radius 2 is 1.94 bits per heavy atom. The van der Waals surface area contributed by atoms with E-state index in [2.05, 4.69) is 10.6 Å². The fourth-order valence-electron chi connectivity index (χ4n) is 2.21. The van der Waals surface area contributed by atoms with Gasteiger partial charge in [0.15, 0.2) is 0 Å². The largest absolute Gasteiger partial charge is 0.480 e. The first kappa shape index (κ1) is 13.5. The summed E-state index contributed by atoms with van der Waals surface area (Å²) in [7, 11) is 0. The second-order valence-electron chi connectivity index (χ2n) is 4.28. The molecule has 0 aliphatic heterocycles. The minimum absolute atomic E-state index is 0.00133. The van der Waals surface area contributed by atoms with Gasteiger partial charge in [0.05, 0.1) is 6.54 Å². The number of carboxylic acid groups (broad SMARTS) is 1. The van der Waals surface area contributed by atoms with Crippen LogP contribution < -0.4 is 10.6 Å². The van der Waals surface area contributed by atoms with Gasteiger partial charge in [0.25, 0.3) is 0 Å². The number of carbonyl (C=O) groups is 3. The number of hydrogen-bond donors (Lipinski definition) is 3. The molecular weight excluding hydrogens is 224 g/mol. The Morgan fingerprint density at radius 1 is 1.29 bits per heavy atom. The summed E-state index contributed by atoms with van der Waals surface area (Å²) in [5, 5.41) is 13.8. The van der Waals surface area contributed by atoms with Crippen molar-refractivity contribution in [3.63, 3.8) is 0 Å². The highest BCUT2D eigenvalue weighted by Gasteiger charge is 2.30. The van der Waals surface area contributed by atoms with E-state index < -0.39 is 17.9 Å². The minimum Gasteiger partial charge on any atom is -0.480 e. The van der Waals surface area contributed by atoms with Crippen LogP contribution in [-0.2, 0) is 14.4 Å². The monoisotopic (exact) mass is 242 g/mol. The van der Waals surface area contributed by atoms with Gasteiger partial charge in [0, 0.05) is 0 Å². The first-order chi connectivity index (χ1) is 8.15. The molecule has 0 aromatic carbocycles. The maximum atomic E-state index is 11.4. The summed E-state index contributed by atoms with van der Waals surface area (Å²) in [6.45, 7) is -0.181. The number of nitrogens with one attached hydrogen (secondary N) is 2. The number of amides is 2. The number of rotatable bonds is 6. The number of hydrogen-bond acceptors (Lipinski definition) is 3. The van der Waals surface area contributed by atoms with E-state index in [0.717, 1.165) is 32.1 Å². The van der Waals surface area contributed by atoms with Crippen LogP contribution in [0.5, 0.6) is 0 Å². The molecular formula is C11H18N2O4. The molecule has 1 atom stereocenters. The third-order valence-corrected chi connectivity index (χ3v) is 3.05. The normalized spacial score (nSPS) is 18.1. The molecule has 0 bridgehead atoms. The maximum Gasteiger partial charge on any atom is 0.326 e. The highest BCUT2D eigenvalue weighted by atomic mass is 16.4. The van der Waals surface area contributed by atoms with Gasteiger partial charge in [-0.15, -0.1) is 0 Å². The predicted octanol–water partition coefficient (Wildman–Crippen LogP) is -0.118. The summed E-state index contributed by atoms with van der Waals surface area (Å²) >= 11 is 0. The van der Waals surface area contributed by atoms with Crippen LogP contribution in [0.25, 0.3) is 0 Å². The van der Waals surface area contributed by atoms with Crippen molar-refractivity contribution < 1.29 is 19.5 Å². The molecule has 0 saturated heterocycles. The summed E-state index contributed by atoms with van der Waals surface area (Å²) in [5.74, 6) is -1.46. The van der Waals surface area contributed by atoms with Crippen molar-refractivity contribution in [3.8, 4) is 0 Å². The van der Waals surface area contributed by atoms with Crippen molar-refractivity contribution in [1.29, 1.82) is 0 Å². The van der Waals surface area contributed by atoms with Crippen LogP contribution in [0, 0.1) is 5.92 Å². The van der Waals surface area contributed by atoms with Gasteiger partial charge < -0.3 is 15.7 Å². The fourth-order valence-corrected chi connectivity index (χ4v) is 2.21. The molecule has 1 rings (SSSR count). The van der Waals surface area contributed by atoms with Gasteiger partial charge in [-0.25, -0.2) is 4.79 Å². The third kappa shape index (κ3) is 4.42. The molecule has 0 aromatic rings. The first-order valence-corrected chi connectivity index (χ1v) is 5.84. The maximum absolute atomic E-state index is 11.4. The van der Waals surface area contributed by atoms with Gasteiger partial charge in [-0.3, -0.25) is 9.59 Å². The third-order valence-electron chi connectivity index (χ3n) is 3.05. The summed E-state index contributed by atoms with van der Waals surface area (Å²) in [5.41, 5.74) is 0. The molecule has 6 heteroatoms. The first-order valence-electron chi connectivity index (χ1n) is 5.84. The Hall–Kier alpha value is -1.59. The molecule has 1 fully saturated rings. The lowest BCUT2D eigenvalue weighted by atomic mass is 9.84. The molecule has 0 aromatic heterocycles. The van der Waals surface area contributed by atoms with Gasteiger partial charge in [-0.2, -0.15) is 0 Å². The fraction of sp³-hybridized carbons (Fsp3) is 0.727. The van der Waals surface area contributed by atoms with Crippen LogP contribution >= 0.6 is 0 Å². The van der Waals surface area contributed by atoms with Crippen LogP contribution in [0.4, 0.5) is 0 Å². The summed E-state index contributed by atoms with van der Waals surface area (Å²) < 4.78 is 0. The van der Waals surface area contributed by atoms with E-state index in [1.165, 1.54) is 0 Å². The van der Waals surface area contributed by atoms with Crippen molar-refractivity contribution in [3.05, 3.63) is 0 Å². The van der Waals surface area contributed by atoms with E-state index in [0.29, 0.717) is 6.41 Å². The average molecular weight is 242 g/mol. The Bertz CT molecular complexity index is 287. The summed E-state index contributed by atoms with van der Waals surface area (Å²) in [6, 6.07) is -0.837. The van der Waals surface area contributed by atoms with E-state index >= 15 is 0 Å². The molecule has 0 spiro atoms. The van der Waals surface area contributed by atoms with Gasteiger partial charge in [-0.05, 0) is 18.8 Å². The van der Waals surface area contributed by atoms with E-state index in [9.17, 15) is 14.4 Å². The van der Waals surface area contributed by atoms with Crippen LogP contribution in [-0.4, -0.2) is 36.0 Å². The topological polar surface area (TPSA) is 95.5 Å². The van der Waals surface area contributed by atoms with Gasteiger partial charge in [0.2, 0.25) is 12.3 Å². The highest BCUT2D eigenvalue weighted by molar-refractivity contribution is 5.85. The molecule has 1 aliphatic carbocycles. The van der Waals surface area contributed by atoms with E-state index in [-0.39, 0.29) is 12.5 Å². The summed E-state index contributed by atoms with van der Waals surface area (Å²) in [6.07, 6.45) is 5.23. The smallest absolute Gasteiger partial charge is 0.326 e. The quantitative estimate of drug-likeness (QED) is 0.566. The molecule has 17 heavy (non-hydrogen) atoms. The summed E-state index contributed by atoms with van der Waals surface area (Å²) in [4.78, 5) is 32.5. The van der Waals surface area contributed by atoms with Crippen molar-refractivity contribution in [1.82, 2.24) is 10.6 Å². The van der Waals surface area contributed by atoms with Crippen LogP contribution in [0.2, 0.25) is 0 Å². The van der Waals surface area contributed by atoms with Crippen molar-refractivity contribution in [2.45, 2.75) is 38.1 Å². The van der Waals surface area contributed by atoms with Crippen LogP contribution in [0.1, 0.15) is 32.1 Å². The predicted molar refractivity (Wildman–Crippen MR) is 60.2 cm³/mol. The van der Waals surface area contributed by atoms with E-state index in [4.69, 9.17) is 5.11 Å². The van der Waals surface area contributed by atoms with Crippen molar-refractivity contribution in [2.24, 2.45) is 5.92 Å². The number of carboxylic acids is 1. The Labute approximate surface area is 99.8 Å². The van der Waals surface area contributed by atoms with E-state index in [1.54, 1.807) is 0 Å². The van der Waals surface area contributed by atoms with Crippen molar-refractivity contribution >= 4 is 18.3 Å². The number of aliphatic carboxylic acids is 1. The second-order valence-corrected chi connectivity index (χ2v) is 4.28.